The zero-order chi connectivity index (χ0) is 23.6. The van der Waals surface area contributed by atoms with Crippen molar-refractivity contribution in [3.05, 3.63) is 82.2 Å². The summed E-state index contributed by atoms with van der Waals surface area (Å²) in [6, 6.07) is 14.9. The van der Waals surface area contributed by atoms with Gasteiger partial charge < -0.3 is 19.8 Å². The van der Waals surface area contributed by atoms with E-state index in [0.717, 1.165) is 0 Å². The van der Waals surface area contributed by atoms with E-state index in [-0.39, 0.29) is 18.2 Å². The minimum Gasteiger partial charge on any atom is -0.484 e. The average Bonchev–Trinajstić information content (AvgIpc) is 3.33. The van der Waals surface area contributed by atoms with Crippen molar-refractivity contribution in [1.82, 2.24) is 10.7 Å². The highest BCUT2D eigenvalue weighted by Gasteiger charge is 2.12. The van der Waals surface area contributed by atoms with Crippen molar-refractivity contribution in [3.8, 4) is 5.75 Å². The molecule has 0 bridgehead atoms. The molecule has 1 heterocycles. The summed E-state index contributed by atoms with van der Waals surface area (Å²) >= 11 is 12.0. The first-order valence-electron chi connectivity index (χ1n) is 9.52. The van der Waals surface area contributed by atoms with Crippen molar-refractivity contribution in [1.29, 1.82) is 0 Å². The Morgan fingerprint density at radius 3 is 2.64 bits per heavy atom. The predicted molar refractivity (Wildman–Crippen MR) is 123 cm³/mol. The number of anilines is 1. The number of carbonyl (C=O) groups is 3. The van der Waals surface area contributed by atoms with Crippen LogP contribution in [0.5, 0.6) is 5.75 Å². The van der Waals surface area contributed by atoms with Crippen LogP contribution in [-0.4, -0.2) is 30.5 Å². The van der Waals surface area contributed by atoms with E-state index < -0.39 is 17.7 Å². The SMILES string of the molecule is O=C(COc1cccc(/C=N\NC(=O)C(=O)NCc2ccco2)c1)Nc1cccc(Cl)c1Cl. The first kappa shape index (κ1) is 23.8. The molecule has 0 radical (unpaired) electrons. The number of nitrogens with one attached hydrogen (secondary N) is 3. The molecule has 9 nitrogen and oxygen atoms in total. The molecule has 0 aliphatic carbocycles. The Kier molecular flexibility index (Phi) is 8.45. The van der Waals surface area contributed by atoms with Crippen molar-refractivity contribution in [2.75, 3.05) is 11.9 Å². The van der Waals surface area contributed by atoms with Crippen molar-refractivity contribution in [2.45, 2.75) is 6.54 Å². The van der Waals surface area contributed by atoms with Crippen LogP contribution in [0.3, 0.4) is 0 Å². The van der Waals surface area contributed by atoms with Crippen LogP contribution in [0.25, 0.3) is 0 Å². The third kappa shape index (κ3) is 7.37. The Morgan fingerprint density at radius 1 is 1.03 bits per heavy atom. The molecule has 0 atom stereocenters. The molecule has 11 heteroatoms. The van der Waals surface area contributed by atoms with Crippen LogP contribution < -0.4 is 20.8 Å². The van der Waals surface area contributed by atoms with E-state index >= 15 is 0 Å². The Hall–Kier alpha value is -3.82. The highest BCUT2D eigenvalue weighted by molar-refractivity contribution is 6.44. The largest absolute Gasteiger partial charge is 0.484 e. The quantitative estimate of drug-likeness (QED) is 0.255. The summed E-state index contributed by atoms with van der Waals surface area (Å²) < 4.78 is 10.5. The second-order valence-corrected chi connectivity index (χ2v) is 7.26. The second-order valence-electron chi connectivity index (χ2n) is 6.47. The number of ether oxygens (including phenoxy) is 1. The number of amides is 3. The predicted octanol–water partition coefficient (Wildman–Crippen LogP) is 3.37. The van der Waals surface area contributed by atoms with Gasteiger partial charge >= 0.3 is 11.8 Å². The molecule has 3 N–H and O–H groups in total. The first-order chi connectivity index (χ1) is 15.9. The molecule has 2 aromatic carbocycles. The molecule has 3 aromatic rings. The van der Waals surface area contributed by atoms with E-state index in [2.05, 4.69) is 21.2 Å². The topological polar surface area (TPSA) is 122 Å². The van der Waals surface area contributed by atoms with Gasteiger partial charge in [-0.2, -0.15) is 5.10 Å². The average molecular weight is 489 g/mol. The second kappa shape index (κ2) is 11.7. The zero-order valence-electron chi connectivity index (χ0n) is 17.0. The molecule has 0 saturated carbocycles. The molecule has 3 amide bonds. The van der Waals surface area contributed by atoms with Gasteiger partial charge in [0.1, 0.15) is 11.5 Å². The fourth-order valence-corrected chi connectivity index (χ4v) is 2.84. The third-order valence-corrected chi connectivity index (χ3v) is 4.86. The van der Waals surface area contributed by atoms with Gasteiger partial charge in [0.25, 0.3) is 5.91 Å². The number of furan rings is 1. The molecule has 0 fully saturated rings. The molecule has 1 aromatic heterocycles. The van der Waals surface area contributed by atoms with Gasteiger partial charge in [-0.05, 0) is 42.0 Å². The van der Waals surface area contributed by atoms with Gasteiger partial charge in [-0.3, -0.25) is 14.4 Å². The van der Waals surface area contributed by atoms with E-state index in [1.165, 1.54) is 12.5 Å². The summed E-state index contributed by atoms with van der Waals surface area (Å²) in [5.41, 5.74) is 3.08. The lowest BCUT2D eigenvalue weighted by molar-refractivity contribution is -0.139. The molecule has 0 aliphatic heterocycles. The molecule has 0 saturated heterocycles. The number of nitrogens with zero attached hydrogens (tertiary/aromatic N) is 1. The fourth-order valence-electron chi connectivity index (χ4n) is 2.50. The van der Waals surface area contributed by atoms with Gasteiger partial charge in [-0.25, -0.2) is 5.43 Å². The van der Waals surface area contributed by atoms with Crippen LogP contribution in [0.15, 0.2) is 70.4 Å². The summed E-state index contributed by atoms with van der Waals surface area (Å²) in [5, 5.41) is 9.33. The first-order valence-corrected chi connectivity index (χ1v) is 10.3. The van der Waals surface area contributed by atoms with Gasteiger partial charge in [0.15, 0.2) is 6.61 Å². The van der Waals surface area contributed by atoms with Crippen molar-refractivity contribution in [2.24, 2.45) is 5.10 Å². The number of carbonyl (C=O) groups excluding carboxylic acids is 3. The van der Waals surface area contributed by atoms with Gasteiger partial charge in [-0.15, -0.1) is 0 Å². The highest BCUT2D eigenvalue weighted by atomic mass is 35.5. The number of hydrogen-bond acceptors (Lipinski definition) is 6. The number of halogens is 2. The van der Waals surface area contributed by atoms with Gasteiger partial charge in [0.2, 0.25) is 0 Å². The maximum absolute atomic E-state index is 12.1. The van der Waals surface area contributed by atoms with Crippen LogP contribution in [0.2, 0.25) is 10.0 Å². The Bertz CT molecular complexity index is 1170. The van der Waals surface area contributed by atoms with E-state index in [9.17, 15) is 14.4 Å². The third-order valence-electron chi connectivity index (χ3n) is 4.04. The normalized spacial score (nSPS) is 10.6. The van der Waals surface area contributed by atoms with Crippen LogP contribution >= 0.6 is 23.2 Å². The molecule has 3 rings (SSSR count). The fraction of sp³-hybridized carbons (Fsp3) is 0.0909. The van der Waals surface area contributed by atoms with E-state index in [0.29, 0.717) is 27.8 Å². The minimum atomic E-state index is -0.929. The summed E-state index contributed by atoms with van der Waals surface area (Å²) in [7, 11) is 0. The van der Waals surface area contributed by atoms with E-state index in [4.69, 9.17) is 32.4 Å². The Labute approximate surface area is 198 Å². The monoisotopic (exact) mass is 488 g/mol. The molecule has 33 heavy (non-hydrogen) atoms. The minimum absolute atomic E-state index is 0.0828. The van der Waals surface area contributed by atoms with Crippen LogP contribution in [0.1, 0.15) is 11.3 Å². The van der Waals surface area contributed by atoms with Gasteiger partial charge in [-0.1, -0.05) is 41.4 Å². The molecule has 170 valence electrons. The maximum atomic E-state index is 12.1. The van der Waals surface area contributed by atoms with Gasteiger partial charge in [0.05, 0.1) is 34.8 Å². The van der Waals surface area contributed by atoms with Crippen molar-refractivity contribution in [3.63, 3.8) is 0 Å². The van der Waals surface area contributed by atoms with Crippen LogP contribution in [0, 0.1) is 0 Å². The summed E-state index contributed by atoms with van der Waals surface area (Å²) in [5.74, 6) is -1.30. The molecular formula is C22H18Cl2N4O5. The number of hydrazone groups is 1. The lowest BCUT2D eigenvalue weighted by Crippen LogP contribution is -2.37. The molecule has 0 aliphatic rings. The summed E-state index contributed by atoms with van der Waals surface area (Å²) in [6.45, 7) is -0.185. The number of hydrogen-bond donors (Lipinski definition) is 3. The van der Waals surface area contributed by atoms with Crippen LogP contribution in [0.4, 0.5) is 5.69 Å². The van der Waals surface area contributed by atoms with E-state index in [1.807, 2.05) is 0 Å². The maximum Gasteiger partial charge on any atom is 0.329 e. The molecular weight excluding hydrogens is 471 g/mol. The van der Waals surface area contributed by atoms with Crippen molar-refractivity contribution < 1.29 is 23.5 Å². The zero-order valence-corrected chi connectivity index (χ0v) is 18.5. The molecule has 0 spiro atoms. The standard InChI is InChI=1S/C22H18Cl2N4O5/c23-17-7-2-8-18(20(17)24)27-19(29)13-33-15-5-1-4-14(10-15)11-26-28-22(31)21(30)25-12-16-6-3-9-32-16/h1-11H,12-13H2,(H,25,30)(H,27,29)(H,28,31)/b26-11-. The Balaban J connectivity index is 1.46. The van der Waals surface area contributed by atoms with Crippen LogP contribution in [-0.2, 0) is 20.9 Å². The number of benzene rings is 2. The van der Waals surface area contributed by atoms with E-state index in [1.54, 1.807) is 54.6 Å². The van der Waals surface area contributed by atoms with Gasteiger partial charge in [0, 0.05) is 0 Å². The molecule has 0 unspecified atom stereocenters. The smallest absolute Gasteiger partial charge is 0.329 e. The highest BCUT2D eigenvalue weighted by Crippen LogP contribution is 2.29. The lowest BCUT2D eigenvalue weighted by atomic mass is 10.2. The number of rotatable bonds is 8. The summed E-state index contributed by atoms with van der Waals surface area (Å²) in [4.78, 5) is 35.6. The Morgan fingerprint density at radius 2 is 1.85 bits per heavy atom. The van der Waals surface area contributed by atoms with Crippen molar-refractivity contribution >= 4 is 52.8 Å². The lowest BCUT2D eigenvalue weighted by Gasteiger charge is -2.09. The summed E-state index contributed by atoms with van der Waals surface area (Å²) in [6.07, 6.45) is 2.79.